The predicted molar refractivity (Wildman–Crippen MR) is 76.4 cm³/mol. The van der Waals surface area contributed by atoms with Gasteiger partial charge in [-0.2, -0.15) is 0 Å². The van der Waals surface area contributed by atoms with Gasteiger partial charge >= 0.3 is 0 Å². The molecular weight excluding hydrogens is 279 g/mol. The van der Waals surface area contributed by atoms with E-state index < -0.39 is 0 Å². The smallest absolute Gasteiger partial charge is 0.126 e. The zero-order valence-electron chi connectivity index (χ0n) is 11.4. The third-order valence-electron chi connectivity index (χ3n) is 3.15. The monoisotopic (exact) mass is 300 g/mol. The minimum atomic E-state index is -0.0592. The van der Waals surface area contributed by atoms with Crippen LogP contribution in [-0.4, -0.2) is 4.83 Å². The van der Waals surface area contributed by atoms with E-state index in [1.54, 1.807) is 6.07 Å². The van der Waals surface area contributed by atoms with E-state index in [-0.39, 0.29) is 11.2 Å². The number of rotatable bonds is 3. The second-order valence-electron chi connectivity index (χ2n) is 5.91. The number of benzene rings is 1. The molecule has 0 fully saturated rings. The van der Waals surface area contributed by atoms with Gasteiger partial charge in [-0.1, -0.05) is 42.8 Å². The summed E-state index contributed by atoms with van der Waals surface area (Å²) in [4.78, 5) is 0.412. The van der Waals surface area contributed by atoms with Crippen molar-refractivity contribution in [1.82, 2.24) is 0 Å². The molecule has 96 valence electrons. The van der Waals surface area contributed by atoms with Crippen LogP contribution in [0.5, 0.6) is 0 Å². The quantitative estimate of drug-likeness (QED) is 0.674. The van der Waals surface area contributed by atoms with Gasteiger partial charge in [0, 0.05) is 4.83 Å². The van der Waals surface area contributed by atoms with Crippen LogP contribution in [0, 0.1) is 25.1 Å². The van der Waals surface area contributed by atoms with E-state index in [0.717, 1.165) is 29.5 Å². The topological polar surface area (TPSA) is 0 Å². The largest absolute Gasteiger partial charge is 0.207 e. The minimum absolute atomic E-state index is 0.0592. The van der Waals surface area contributed by atoms with Crippen molar-refractivity contribution in [1.29, 1.82) is 0 Å². The maximum atomic E-state index is 13.8. The van der Waals surface area contributed by atoms with Gasteiger partial charge in [-0.3, -0.25) is 0 Å². The Hall–Kier alpha value is -0.370. The van der Waals surface area contributed by atoms with Crippen molar-refractivity contribution in [3.8, 4) is 0 Å². The van der Waals surface area contributed by atoms with E-state index in [1.807, 2.05) is 13.8 Å². The normalized spacial score (nSPS) is 13.8. The highest BCUT2D eigenvalue weighted by molar-refractivity contribution is 9.09. The number of hydrogen-bond donors (Lipinski definition) is 0. The van der Waals surface area contributed by atoms with Gasteiger partial charge in [-0.25, -0.2) is 4.39 Å². The van der Waals surface area contributed by atoms with Crippen molar-refractivity contribution in [2.75, 3.05) is 0 Å². The van der Waals surface area contributed by atoms with E-state index in [0.29, 0.717) is 4.83 Å². The number of alkyl halides is 1. The van der Waals surface area contributed by atoms with Crippen molar-refractivity contribution >= 4 is 15.9 Å². The standard InChI is InChI=1S/C15H22BrF/c1-10-8-11(2)12(13(17)9-10)6-7-14(16)15(3,4)5/h8-9,14H,6-7H2,1-5H3. The molecule has 17 heavy (non-hydrogen) atoms. The SMILES string of the molecule is Cc1cc(C)c(CCC(Br)C(C)(C)C)c(F)c1. The van der Waals surface area contributed by atoms with Crippen LogP contribution in [0.1, 0.15) is 43.9 Å². The summed E-state index contributed by atoms with van der Waals surface area (Å²) in [5.74, 6) is -0.0592. The van der Waals surface area contributed by atoms with Crippen molar-refractivity contribution in [2.24, 2.45) is 5.41 Å². The molecule has 0 aliphatic rings. The fourth-order valence-corrected chi connectivity index (χ4v) is 2.20. The van der Waals surface area contributed by atoms with Gasteiger partial charge in [0.25, 0.3) is 0 Å². The Bertz CT molecular complexity index is 367. The number of hydrogen-bond acceptors (Lipinski definition) is 0. The van der Waals surface area contributed by atoms with Crippen LogP contribution in [0.25, 0.3) is 0 Å². The number of aryl methyl sites for hydroxylation is 2. The summed E-state index contributed by atoms with van der Waals surface area (Å²) < 4.78 is 13.8. The van der Waals surface area contributed by atoms with Gasteiger partial charge in [0.15, 0.2) is 0 Å². The van der Waals surface area contributed by atoms with Gasteiger partial charge in [-0.15, -0.1) is 0 Å². The second-order valence-corrected chi connectivity index (χ2v) is 7.02. The molecule has 1 aromatic carbocycles. The molecule has 2 heteroatoms. The number of halogens is 2. The molecule has 0 amide bonds. The molecule has 0 aromatic heterocycles. The summed E-state index contributed by atoms with van der Waals surface area (Å²) in [6, 6.07) is 3.68. The molecule has 0 spiro atoms. The summed E-state index contributed by atoms with van der Waals surface area (Å²) in [6.07, 6.45) is 1.76. The predicted octanol–water partition coefficient (Wildman–Crippen LogP) is 5.18. The lowest BCUT2D eigenvalue weighted by atomic mass is 9.88. The summed E-state index contributed by atoms with van der Waals surface area (Å²) >= 11 is 3.70. The molecule has 0 heterocycles. The fourth-order valence-electron chi connectivity index (χ4n) is 1.97. The minimum Gasteiger partial charge on any atom is -0.207 e. The molecule has 0 nitrogen and oxygen atoms in total. The van der Waals surface area contributed by atoms with Crippen LogP contribution in [0.4, 0.5) is 4.39 Å². The highest BCUT2D eigenvalue weighted by atomic mass is 79.9. The third kappa shape index (κ3) is 4.09. The van der Waals surface area contributed by atoms with E-state index >= 15 is 0 Å². The first-order chi connectivity index (χ1) is 7.71. The highest BCUT2D eigenvalue weighted by Crippen LogP contribution is 2.30. The molecule has 1 atom stereocenters. The Labute approximate surface area is 113 Å². The van der Waals surface area contributed by atoms with Crippen LogP contribution in [-0.2, 0) is 6.42 Å². The summed E-state index contributed by atoms with van der Waals surface area (Å²) in [7, 11) is 0. The van der Waals surface area contributed by atoms with E-state index in [1.165, 1.54) is 0 Å². The lowest BCUT2D eigenvalue weighted by Crippen LogP contribution is -2.21. The fraction of sp³-hybridized carbons (Fsp3) is 0.600. The average molecular weight is 301 g/mol. The Balaban J connectivity index is 2.77. The first-order valence-electron chi connectivity index (χ1n) is 6.11. The average Bonchev–Trinajstić information content (AvgIpc) is 2.13. The Kier molecular flexibility index (Phi) is 4.77. The molecule has 1 unspecified atom stereocenters. The van der Waals surface area contributed by atoms with E-state index in [9.17, 15) is 4.39 Å². The van der Waals surface area contributed by atoms with Gasteiger partial charge in [0.1, 0.15) is 5.82 Å². The first-order valence-corrected chi connectivity index (χ1v) is 7.03. The van der Waals surface area contributed by atoms with Crippen LogP contribution >= 0.6 is 15.9 Å². The maximum Gasteiger partial charge on any atom is 0.126 e. The second kappa shape index (κ2) is 5.51. The van der Waals surface area contributed by atoms with Crippen LogP contribution in [0.3, 0.4) is 0 Å². The molecule has 0 saturated carbocycles. The van der Waals surface area contributed by atoms with Crippen LogP contribution in [0.15, 0.2) is 12.1 Å². The molecule has 0 N–H and O–H groups in total. The van der Waals surface area contributed by atoms with Gasteiger partial charge < -0.3 is 0 Å². The van der Waals surface area contributed by atoms with Crippen molar-refractivity contribution < 1.29 is 4.39 Å². The Morgan fingerprint density at radius 3 is 2.29 bits per heavy atom. The molecule has 0 saturated heterocycles. The highest BCUT2D eigenvalue weighted by Gasteiger charge is 2.22. The van der Waals surface area contributed by atoms with Crippen LogP contribution < -0.4 is 0 Å². The zero-order chi connectivity index (χ0) is 13.2. The Morgan fingerprint density at radius 2 is 1.82 bits per heavy atom. The molecule has 0 aliphatic heterocycles. The maximum absolute atomic E-state index is 13.8. The van der Waals surface area contributed by atoms with Crippen molar-refractivity contribution in [2.45, 2.75) is 52.3 Å². The van der Waals surface area contributed by atoms with Gasteiger partial charge in [0.2, 0.25) is 0 Å². The molecule has 0 aliphatic carbocycles. The van der Waals surface area contributed by atoms with Gasteiger partial charge in [-0.05, 0) is 54.9 Å². The lowest BCUT2D eigenvalue weighted by molar-refractivity contribution is 0.384. The summed E-state index contributed by atoms with van der Waals surface area (Å²) in [5.41, 5.74) is 3.14. The van der Waals surface area contributed by atoms with Crippen molar-refractivity contribution in [3.63, 3.8) is 0 Å². The summed E-state index contributed by atoms with van der Waals surface area (Å²) in [5, 5.41) is 0. The lowest BCUT2D eigenvalue weighted by Gasteiger charge is -2.25. The van der Waals surface area contributed by atoms with Gasteiger partial charge in [0.05, 0.1) is 0 Å². The van der Waals surface area contributed by atoms with E-state index in [4.69, 9.17) is 0 Å². The molecular formula is C15H22BrF. The van der Waals surface area contributed by atoms with E-state index in [2.05, 4.69) is 42.8 Å². The molecule has 0 radical (unpaired) electrons. The Morgan fingerprint density at radius 1 is 1.24 bits per heavy atom. The molecule has 1 rings (SSSR count). The molecule has 1 aromatic rings. The first kappa shape index (κ1) is 14.7. The summed E-state index contributed by atoms with van der Waals surface area (Å²) in [6.45, 7) is 10.5. The zero-order valence-corrected chi connectivity index (χ0v) is 13.0. The third-order valence-corrected chi connectivity index (χ3v) is 4.98. The molecule has 0 bridgehead atoms. The van der Waals surface area contributed by atoms with Crippen molar-refractivity contribution in [3.05, 3.63) is 34.6 Å². The van der Waals surface area contributed by atoms with Crippen LogP contribution in [0.2, 0.25) is 0 Å².